The third-order valence-electron chi connectivity index (χ3n) is 3.94. The van der Waals surface area contributed by atoms with Crippen LogP contribution in [0.15, 0.2) is 73.1 Å². The molecule has 0 aliphatic rings. The lowest BCUT2D eigenvalue weighted by atomic mass is 10.0. The molecule has 0 spiro atoms. The number of halogens is 1. The van der Waals surface area contributed by atoms with Gasteiger partial charge >= 0.3 is 0 Å². The molecule has 3 rings (SSSR count). The predicted molar refractivity (Wildman–Crippen MR) is 98.4 cm³/mol. The maximum Gasteiger partial charge on any atom is 0.226 e. The number of aryl methyl sites for hydroxylation is 1. The first-order valence-corrected chi connectivity index (χ1v) is 8.24. The SMILES string of the molecule is Cc1ccc([C@H](CC(=O)Nc2cccc(Cl)c2)n2cccc2)cc1. The summed E-state index contributed by atoms with van der Waals surface area (Å²) in [5.74, 6) is -0.0449. The zero-order chi connectivity index (χ0) is 16.9. The number of carbonyl (C=O) groups is 1. The van der Waals surface area contributed by atoms with Crippen LogP contribution in [0, 0.1) is 6.92 Å². The van der Waals surface area contributed by atoms with Crippen molar-refractivity contribution in [2.75, 3.05) is 5.32 Å². The maximum atomic E-state index is 12.5. The van der Waals surface area contributed by atoms with E-state index in [1.165, 1.54) is 5.56 Å². The number of carbonyl (C=O) groups excluding carboxylic acids is 1. The Morgan fingerprint density at radius 1 is 1.08 bits per heavy atom. The summed E-state index contributed by atoms with van der Waals surface area (Å²) in [6.07, 6.45) is 4.32. The summed E-state index contributed by atoms with van der Waals surface area (Å²) in [6.45, 7) is 2.06. The normalized spacial score (nSPS) is 11.9. The zero-order valence-electron chi connectivity index (χ0n) is 13.4. The minimum Gasteiger partial charge on any atom is -0.346 e. The quantitative estimate of drug-likeness (QED) is 0.692. The third kappa shape index (κ3) is 4.06. The van der Waals surface area contributed by atoms with Crippen molar-refractivity contribution in [1.82, 2.24) is 4.57 Å². The van der Waals surface area contributed by atoms with Crippen LogP contribution < -0.4 is 5.32 Å². The van der Waals surface area contributed by atoms with Crippen molar-refractivity contribution in [3.05, 3.63) is 89.2 Å². The molecule has 24 heavy (non-hydrogen) atoms. The fourth-order valence-corrected chi connectivity index (χ4v) is 2.88. The molecule has 0 fully saturated rings. The molecule has 3 aromatic rings. The fraction of sp³-hybridized carbons (Fsp3) is 0.150. The molecule has 122 valence electrons. The van der Waals surface area contributed by atoms with Crippen LogP contribution in [0.25, 0.3) is 0 Å². The monoisotopic (exact) mass is 338 g/mol. The molecule has 0 radical (unpaired) electrons. The highest BCUT2D eigenvalue weighted by molar-refractivity contribution is 6.30. The largest absolute Gasteiger partial charge is 0.346 e. The Kier molecular flexibility index (Phi) is 5.02. The maximum absolute atomic E-state index is 12.5. The van der Waals surface area contributed by atoms with Crippen LogP contribution in [0.1, 0.15) is 23.6 Å². The lowest BCUT2D eigenvalue weighted by Crippen LogP contribution is -2.19. The summed E-state index contributed by atoms with van der Waals surface area (Å²) >= 11 is 5.97. The van der Waals surface area contributed by atoms with Gasteiger partial charge in [-0.3, -0.25) is 4.79 Å². The number of hydrogen-bond acceptors (Lipinski definition) is 1. The van der Waals surface area contributed by atoms with Gasteiger partial charge in [-0.1, -0.05) is 47.5 Å². The second-order valence-electron chi connectivity index (χ2n) is 5.82. The van der Waals surface area contributed by atoms with Crippen LogP contribution >= 0.6 is 11.6 Å². The molecule has 0 saturated heterocycles. The lowest BCUT2D eigenvalue weighted by Gasteiger charge is -2.19. The van der Waals surface area contributed by atoms with Crippen LogP contribution in [0.2, 0.25) is 5.02 Å². The lowest BCUT2D eigenvalue weighted by molar-refractivity contribution is -0.116. The van der Waals surface area contributed by atoms with E-state index in [-0.39, 0.29) is 11.9 Å². The van der Waals surface area contributed by atoms with Crippen molar-refractivity contribution in [2.45, 2.75) is 19.4 Å². The topological polar surface area (TPSA) is 34.0 Å². The van der Waals surface area contributed by atoms with Gasteiger partial charge in [0.15, 0.2) is 0 Å². The Morgan fingerprint density at radius 2 is 1.79 bits per heavy atom. The first kappa shape index (κ1) is 16.3. The van der Waals surface area contributed by atoms with E-state index in [1.54, 1.807) is 12.1 Å². The number of rotatable bonds is 5. The van der Waals surface area contributed by atoms with Crippen molar-refractivity contribution in [2.24, 2.45) is 0 Å². The molecule has 0 saturated carbocycles. The number of amides is 1. The predicted octanol–water partition coefficient (Wildman–Crippen LogP) is 5.07. The smallest absolute Gasteiger partial charge is 0.226 e. The molecule has 1 aromatic heterocycles. The first-order chi connectivity index (χ1) is 11.6. The molecule has 1 atom stereocenters. The summed E-state index contributed by atoms with van der Waals surface area (Å²) < 4.78 is 2.06. The number of benzene rings is 2. The Labute approximate surface area is 146 Å². The van der Waals surface area contributed by atoms with Gasteiger partial charge in [0.2, 0.25) is 5.91 Å². The summed E-state index contributed by atoms with van der Waals surface area (Å²) in [5, 5.41) is 3.52. The Hall–Kier alpha value is -2.52. The Bertz CT molecular complexity index is 810. The fourth-order valence-electron chi connectivity index (χ4n) is 2.69. The van der Waals surface area contributed by atoms with Crippen molar-refractivity contribution < 1.29 is 4.79 Å². The summed E-state index contributed by atoms with van der Waals surface area (Å²) in [4.78, 5) is 12.5. The number of nitrogens with one attached hydrogen (secondary N) is 1. The third-order valence-corrected chi connectivity index (χ3v) is 4.17. The van der Waals surface area contributed by atoms with Gasteiger partial charge in [-0.25, -0.2) is 0 Å². The summed E-state index contributed by atoms with van der Waals surface area (Å²) in [6, 6.07) is 19.4. The minimum atomic E-state index is -0.0449. The molecule has 1 N–H and O–H groups in total. The van der Waals surface area contributed by atoms with Gasteiger partial charge in [0.1, 0.15) is 0 Å². The molecule has 1 amide bonds. The number of nitrogens with zero attached hydrogens (tertiary/aromatic N) is 1. The van der Waals surface area contributed by atoms with E-state index in [0.717, 1.165) is 5.56 Å². The molecule has 0 bridgehead atoms. The standard InChI is InChI=1S/C20H19ClN2O/c1-15-7-9-16(10-8-15)19(23-11-2-3-12-23)14-20(24)22-18-6-4-5-17(21)13-18/h2-13,19H,14H2,1H3,(H,22,24)/t19-/m0/s1. The summed E-state index contributed by atoms with van der Waals surface area (Å²) in [7, 11) is 0. The molecule has 0 aliphatic carbocycles. The molecular weight excluding hydrogens is 320 g/mol. The van der Waals surface area contributed by atoms with Gasteiger partial charge in [0.25, 0.3) is 0 Å². The van der Waals surface area contributed by atoms with Gasteiger partial charge in [-0.05, 0) is 42.8 Å². The second kappa shape index (κ2) is 7.37. The van der Waals surface area contributed by atoms with Crippen LogP contribution in [0.3, 0.4) is 0 Å². The second-order valence-corrected chi connectivity index (χ2v) is 6.26. The van der Waals surface area contributed by atoms with Gasteiger partial charge in [-0.15, -0.1) is 0 Å². The van der Waals surface area contributed by atoms with Crippen molar-refractivity contribution in [3.8, 4) is 0 Å². The number of hydrogen-bond donors (Lipinski definition) is 1. The molecule has 1 heterocycles. The first-order valence-electron chi connectivity index (χ1n) is 7.86. The van der Waals surface area contributed by atoms with Crippen LogP contribution in [-0.4, -0.2) is 10.5 Å². The van der Waals surface area contributed by atoms with Crippen LogP contribution in [-0.2, 0) is 4.79 Å². The van der Waals surface area contributed by atoms with Crippen LogP contribution in [0.4, 0.5) is 5.69 Å². The molecule has 0 unspecified atom stereocenters. The summed E-state index contributed by atoms with van der Waals surface area (Å²) in [5.41, 5.74) is 3.02. The molecular formula is C20H19ClN2O. The highest BCUT2D eigenvalue weighted by Gasteiger charge is 2.17. The molecule has 3 nitrogen and oxygen atoms in total. The van der Waals surface area contributed by atoms with Crippen molar-refractivity contribution >= 4 is 23.2 Å². The van der Waals surface area contributed by atoms with Gasteiger partial charge in [0, 0.05) is 23.1 Å². The molecule has 2 aromatic carbocycles. The highest BCUT2D eigenvalue weighted by atomic mass is 35.5. The van der Waals surface area contributed by atoms with Gasteiger partial charge in [0.05, 0.1) is 12.5 Å². The van der Waals surface area contributed by atoms with Crippen LogP contribution in [0.5, 0.6) is 0 Å². The van der Waals surface area contributed by atoms with E-state index >= 15 is 0 Å². The van der Waals surface area contributed by atoms with E-state index in [0.29, 0.717) is 17.1 Å². The highest BCUT2D eigenvalue weighted by Crippen LogP contribution is 2.24. The van der Waals surface area contributed by atoms with Crippen molar-refractivity contribution in [1.29, 1.82) is 0 Å². The number of aromatic nitrogens is 1. The van der Waals surface area contributed by atoms with Gasteiger partial charge < -0.3 is 9.88 Å². The molecule has 0 aliphatic heterocycles. The average molecular weight is 339 g/mol. The number of anilines is 1. The van der Waals surface area contributed by atoms with E-state index in [1.807, 2.05) is 36.7 Å². The van der Waals surface area contributed by atoms with E-state index in [9.17, 15) is 4.79 Å². The Balaban J connectivity index is 1.79. The van der Waals surface area contributed by atoms with E-state index in [2.05, 4.69) is 41.1 Å². The van der Waals surface area contributed by atoms with E-state index < -0.39 is 0 Å². The van der Waals surface area contributed by atoms with Gasteiger partial charge in [-0.2, -0.15) is 0 Å². The Morgan fingerprint density at radius 3 is 2.46 bits per heavy atom. The minimum absolute atomic E-state index is 0.0419. The van der Waals surface area contributed by atoms with E-state index in [4.69, 9.17) is 11.6 Å². The van der Waals surface area contributed by atoms with Crippen molar-refractivity contribution in [3.63, 3.8) is 0 Å². The zero-order valence-corrected chi connectivity index (χ0v) is 14.2. The molecule has 4 heteroatoms. The average Bonchev–Trinajstić information content (AvgIpc) is 3.08.